The number of sulfonamides is 1. The second-order valence-electron chi connectivity index (χ2n) is 7.14. The van der Waals surface area contributed by atoms with E-state index in [0.717, 1.165) is 17.7 Å². The van der Waals surface area contributed by atoms with Gasteiger partial charge in [0.1, 0.15) is 0 Å². The Morgan fingerprint density at radius 3 is 2.11 bits per heavy atom. The first-order valence-corrected chi connectivity index (χ1v) is 11.1. The molecule has 0 amide bonds. The fourth-order valence-electron chi connectivity index (χ4n) is 2.82. The first-order valence-electron chi connectivity index (χ1n) is 9.59. The van der Waals surface area contributed by atoms with E-state index >= 15 is 0 Å². The van der Waals surface area contributed by atoms with Crippen LogP contribution in [0.1, 0.15) is 51.5 Å². The Kier molecular flexibility index (Phi) is 8.38. The number of hydrogen-bond donors (Lipinski definition) is 2. The smallest absolute Gasteiger partial charge is 0.262 e. The summed E-state index contributed by atoms with van der Waals surface area (Å²) in [7, 11) is -4.00. The lowest BCUT2D eigenvalue weighted by molar-refractivity contribution is 0.504. The molecule has 4 nitrogen and oxygen atoms in total. The van der Waals surface area contributed by atoms with Crippen LogP contribution in [0.5, 0.6) is 0 Å². The Morgan fingerprint density at radius 1 is 0.929 bits per heavy atom. The summed E-state index contributed by atoms with van der Waals surface area (Å²) in [5.74, 6) is -2.30. The number of rotatable bonds is 6. The predicted octanol–water partition coefficient (Wildman–Crippen LogP) is 5.21. The molecule has 1 fully saturated rings. The van der Waals surface area contributed by atoms with E-state index in [1.54, 1.807) is 24.3 Å². The highest BCUT2D eigenvalue weighted by molar-refractivity contribution is 7.92. The summed E-state index contributed by atoms with van der Waals surface area (Å²) in [5, 5.41) is 3.20. The predicted molar refractivity (Wildman–Crippen MR) is 109 cm³/mol. The van der Waals surface area contributed by atoms with Crippen LogP contribution in [0, 0.1) is 11.6 Å². The number of benzene rings is 2. The van der Waals surface area contributed by atoms with Crippen LogP contribution in [0.25, 0.3) is 0 Å². The second-order valence-corrected chi connectivity index (χ2v) is 8.82. The van der Waals surface area contributed by atoms with Crippen LogP contribution in [-0.2, 0) is 16.6 Å². The van der Waals surface area contributed by atoms with Gasteiger partial charge in [0.25, 0.3) is 10.0 Å². The van der Waals surface area contributed by atoms with Gasteiger partial charge in [0.15, 0.2) is 11.6 Å². The Bertz CT molecular complexity index is 859. The zero-order valence-electron chi connectivity index (χ0n) is 16.3. The van der Waals surface area contributed by atoms with Crippen molar-refractivity contribution < 1.29 is 17.2 Å². The quantitative estimate of drug-likeness (QED) is 0.687. The van der Waals surface area contributed by atoms with Gasteiger partial charge in [-0.25, -0.2) is 17.2 Å². The van der Waals surface area contributed by atoms with Crippen molar-refractivity contribution in [1.29, 1.82) is 0 Å². The summed E-state index contributed by atoms with van der Waals surface area (Å²) in [6.07, 6.45) is 7.50. The first-order chi connectivity index (χ1) is 13.3. The molecule has 0 atom stereocenters. The number of para-hydroxylation sites is 1. The SMILES string of the molecule is C1CCCC1.CC(C)NCc1ccccc1NS(=O)(=O)c1ccc(F)c(F)c1. The van der Waals surface area contributed by atoms with Crippen molar-refractivity contribution in [2.24, 2.45) is 0 Å². The summed E-state index contributed by atoms with van der Waals surface area (Å²) >= 11 is 0. The summed E-state index contributed by atoms with van der Waals surface area (Å²) in [5.41, 5.74) is 1.15. The molecule has 0 spiro atoms. The van der Waals surface area contributed by atoms with Gasteiger partial charge in [-0.2, -0.15) is 0 Å². The maximum absolute atomic E-state index is 13.3. The fraction of sp³-hybridized carbons (Fsp3) is 0.429. The molecule has 7 heteroatoms. The third kappa shape index (κ3) is 6.87. The minimum Gasteiger partial charge on any atom is -0.310 e. The molecule has 1 aliphatic carbocycles. The van der Waals surface area contributed by atoms with Crippen LogP contribution < -0.4 is 10.0 Å². The molecule has 0 radical (unpaired) electrons. The molecule has 0 unspecified atom stereocenters. The largest absolute Gasteiger partial charge is 0.310 e. The van der Waals surface area contributed by atoms with Crippen LogP contribution in [-0.4, -0.2) is 14.5 Å². The molecule has 0 aliphatic heterocycles. The van der Waals surface area contributed by atoms with Crippen molar-refractivity contribution in [3.63, 3.8) is 0 Å². The minimum absolute atomic E-state index is 0.242. The Hall–Kier alpha value is -1.99. The normalized spacial score (nSPS) is 13.9. The molecular weight excluding hydrogens is 382 g/mol. The topological polar surface area (TPSA) is 58.2 Å². The average Bonchev–Trinajstić information content (AvgIpc) is 3.23. The highest BCUT2D eigenvalue weighted by Crippen LogP contribution is 2.21. The van der Waals surface area contributed by atoms with E-state index in [2.05, 4.69) is 10.0 Å². The molecule has 28 heavy (non-hydrogen) atoms. The van der Waals surface area contributed by atoms with Gasteiger partial charge in [-0.1, -0.05) is 64.2 Å². The van der Waals surface area contributed by atoms with Crippen LogP contribution in [0.3, 0.4) is 0 Å². The number of hydrogen-bond acceptors (Lipinski definition) is 3. The molecular formula is C21H28F2N2O2S. The van der Waals surface area contributed by atoms with Gasteiger partial charge in [0, 0.05) is 12.6 Å². The zero-order chi connectivity index (χ0) is 20.6. The highest BCUT2D eigenvalue weighted by atomic mass is 32.2. The number of halogens is 2. The van der Waals surface area contributed by atoms with Gasteiger partial charge < -0.3 is 5.32 Å². The second kappa shape index (κ2) is 10.5. The van der Waals surface area contributed by atoms with Gasteiger partial charge in [0.2, 0.25) is 0 Å². The van der Waals surface area contributed by atoms with E-state index in [1.165, 1.54) is 32.1 Å². The van der Waals surface area contributed by atoms with Crippen LogP contribution in [0.2, 0.25) is 0 Å². The Labute approximate surface area is 166 Å². The standard InChI is InChI=1S/C16H18F2N2O2S.C5H10/c1-11(2)19-10-12-5-3-4-6-16(12)20-23(21,22)13-7-8-14(17)15(18)9-13;1-2-4-5-3-1/h3-9,11,19-20H,10H2,1-2H3;1-5H2. The van der Waals surface area contributed by atoms with Gasteiger partial charge in [-0.05, 0) is 29.8 Å². The lowest BCUT2D eigenvalue weighted by Gasteiger charge is -2.14. The van der Waals surface area contributed by atoms with Crippen molar-refractivity contribution in [1.82, 2.24) is 5.32 Å². The van der Waals surface area contributed by atoms with Crippen molar-refractivity contribution >= 4 is 15.7 Å². The van der Waals surface area contributed by atoms with E-state index < -0.39 is 21.7 Å². The molecule has 3 rings (SSSR count). The summed E-state index contributed by atoms with van der Waals surface area (Å²) < 4.78 is 53.3. The van der Waals surface area contributed by atoms with E-state index in [4.69, 9.17) is 0 Å². The molecule has 2 aromatic carbocycles. The van der Waals surface area contributed by atoms with E-state index in [0.29, 0.717) is 18.3 Å². The lowest BCUT2D eigenvalue weighted by atomic mass is 10.2. The molecule has 2 aromatic rings. The Morgan fingerprint density at radius 2 is 1.54 bits per heavy atom. The molecule has 1 saturated carbocycles. The average molecular weight is 411 g/mol. The molecule has 154 valence electrons. The van der Waals surface area contributed by atoms with Crippen molar-refractivity contribution in [2.75, 3.05) is 4.72 Å². The van der Waals surface area contributed by atoms with Crippen LogP contribution >= 0.6 is 0 Å². The maximum atomic E-state index is 13.3. The van der Waals surface area contributed by atoms with Crippen LogP contribution in [0.4, 0.5) is 14.5 Å². The number of nitrogens with one attached hydrogen (secondary N) is 2. The Balaban J connectivity index is 0.000000485. The number of anilines is 1. The van der Waals surface area contributed by atoms with E-state index in [1.807, 2.05) is 13.8 Å². The molecule has 1 aliphatic rings. The van der Waals surface area contributed by atoms with Crippen molar-refractivity contribution in [2.45, 2.75) is 63.4 Å². The van der Waals surface area contributed by atoms with E-state index in [-0.39, 0.29) is 10.9 Å². The molecule has 0 aromatic heterocycles. The molecule has 0 saturated heterocycles. The molecule has 2 N–H and O–H groups in total. The third-order valence-corrected chi connectivity index (χ3v) is 5.78. The summed E-state index contributed by atoms with van der Waals surface area (Å²) in [6, 6.07) is 9.62. The van der Waals surface area contributed by atoms with Gasteiger partial charge in [0.05, 0.1) is 10.6 Å². The lowest BCUT2D eigenvalue weighted by Crippen LogP contribution is -2.23. The van der Waals surface area contributed by atoms with Gasteiger partial charge in [-0.15, -0.1) is 0 Å². The molecule has 0 bridgehead atoms. The highest BCUT2D eigenvalue weighted by Gasteiger charge is 2.18. The summed E-state index contributed by atoms with van der Waals surface area (Å²) in [6.45, 7) is 4.44. The van der Waals surface area contributed by atoms with Gasteiger partial charge in [-0.3, -0.25) is 4.72 Å². The molecule has 0 heterocycles. The first kappa shape index (κ1) is 22.3. The van der Waals surface area contributed by atoms with Crippen molar-refractivity contribution in [3.8, 4) is 0 Å². The monoisotopic (exact) mass is 410 g/mol. The minimum atomic E-state index is -4.00. The van der Waals surface area contributed by atoms with Gasteiger partial charge >= 0.3 is 0 Å². The van der Waals surface area contributed by atoms with E-state index in [9.17, 15) is 17.2 Å². The summed E-state index contributed by atoms with van der Waals surface area (Å²) in [4.78, 5) is -0.331. The maximum Gasteiger partial charge on any atom is 0.262 e. The van der Waals surface area contributed by atoms with Crippen LogP contribution in [0.15, 0.2) is 47.4 Å². The zero-order valence-corrected chi connectivity index (χ0v) is 17.2. The fourth-order valence-corrected chi connectivity index (χ4v) is 3.93. The third-order valence-electron chi connectivity index (χ3n) is 4.41. The van der Waals surface area contributed by atoms with Crippen molar-refractivity contribution in [3.05, 3.63) is 59.7 Å².